The summed E-state index contributed by atoms with van der Waals surface area (Å²) in [6.07, 6.45) is 0.732. The van der Waals surface area contributed by atoms with Crippen LogP contribution in [0.25, 0.3) is 0 Å². The van der Waals surface area contributed by atoms with Crippen LogP contribution in [0.2, 0.25) is 0 Å². The molecule has 1 aromatic rings. The molecule has 0 heterocycles. The smallest absolute Gasteiger partial charge is 0.165 e. The number of benzene rings is 1. The number of allylic oxidation sites excluding steroid dienone is 1. The van der Waals surface area contributed by atoms with Gasteiger partial charge in [-0.2, -0.15) is 0 Å². The summed E-state index contributed by atoms with van der Waals surface area (Å²) >= 11 is 0. The first-order valence-corrected chi connectivity index (χ1v) is 4.93. The molecule has 14 heavy (non-hydrogen) atoms. The van der Waals surface area contributed by atoms with Gasteiger partial charge in [-0.25, -0.2) is 0 Å². The van der Waals surface area contributed by atoms with Crippen molar-refractivity contribution in [2.45, 2.75) is 26.2 Å². The monoisotopic (exact) mass is 188 g/mol. The Kier molecular flexibility index (Phi) is 3.63. The van der Waals surface area contributed by atoms with Crippen LogP contribution in [0.5, 0.6) is 0 Å². The molecule has 0 radical (unpaired) electrons. The topological polar surface area (TPSA) is 17.1 Å². The molecule has 74 valence electrons. The van der Waals surface area contributed by atoms with E-state index >= 15 is 0 Å². The number of rotatable bonds is 4. The highest BCUT2D eigenvalue weighted by Crippen LogP contribution is 2.19. The van der Waals surface area contributed by atoms with Crippen LogP contribution >= 0.6 is 0 Å². The van der Waals surface area contributed by atoms with Crippen molar-refractivity contribution in [1.82, 2.24) is 0 Å². The zero-order chi connectivity index (χ0) is 10.6. The molecule has 0 bridgehead atoms. The van der Waals surface area contributed by atoms with E-state index in [1.807, 2.05) is 44.2 Å². The van der Waals surface area contributed by atoms with Crippen LogP contribution in [0.4, 0.5) is 0 Å². The van der Waals surface area contributed by atoms with Crippen molar-refractivity contribution in [2.75, 3.05) is 0 Å². The summed E-state index contributed by atoms with van der Waals surface area (Å²) in [5, 5.41) is 0. The molecule has 0 N–H and O–H groups in total. The Bertz CT molecular complexity index is 324. The summed E-state index contributed by atoms with van der Waals surface area (Å²) in [7, 11) is 0. The van der Waals surface area contributed by atoms with Crippen LogP contribution in [0.15, 0.2) is 42.5 Å². The third kappa shape index (κ3) is 2.32. The fourth-order valence-electron chi connectivity index (χ4n) is 1.37. The number of hydrogen-bond acceptors (Lipinski definition) is 1. The first kappa shape index (κ1) is 10.7. The molecule has 0 aliphatic carbocycles. The molecule has 0 aromatic heterocycles. The normalized spacial score (nSPS) is 12.1. The number of ketones is 1. The van der Waals surface area contributed by atoms with Gasteiger partial charge < -0.3 is 0 Å². The second-order valence-corrected chi connectivity index (χ2v) is 3.45. The van der Waals surface area contributed by atoms with Gasteiger partial charge >= 0.3 is 0 Å². The zero-order valence-corrected chi connectivity index (χ0v) is 8.79. The van der Waals surface area contributed by atoms with Gasteiger partial charge in [-0.05, 0) is 17.6 Å². The minimum Gasteiger partial charge on any atom is -0.294 e. The highest BCUT2D eigenvalue weighted by molar-refractivity contribution is 5.99. The van der Waals surface area contributed by atoms with Crippen LogP contribution in [-0.2, 0) is 4.79 Å². The molecule has 1 unspecified atom stereocenters. The maximum absolute atomic E-state index is 11.8. The predicted molar refractivity (Wildman–Crippen MR) is 59.3 cm³/mol. The van der Waals surface area contributed by atoms with E-state index in [1.165, 1.54) is 0 Å². The molecular weight excluding hydrogens is 172 g/mol. The molecule has 0 aliphatic rings. The lowest BCUT2D eigenvalue weighted by atomic mass is 9.92. The first-order valence-electron chi connectivity index (χ1n) is 4.93. The molecule has 1 nitrogen and oxygen atoms in total. The summed E-state index contributed by atoms with van der Waals surface area (Å²) in [5.74, 6) is 0.0855. The van der Waals surface area contributed by atoms with Gasteiger partial charge in [-0.15, -0.1) is 0 Å². The van der Waals surface area contributed by atoms with Crippen molar-refractivity contribution >= 4 is 5.78 Å². The van der Waals surface area contributed by atoms with E-state index in [4.69, 9.17) is 0 Å². The lowest BCUT2D eigenvalue weighted by molar-refractivity contribution is -0.116. The number of Topliss-reactive ketones (excluding diaryl/α,β-unsaturated/α-hetero) is 1. The average Bonchev–Trinajstić information content (AvgIpc) is 2.27. The van der Waals surface area contributed by atoms with E-state index in [0.29, 0.717) is 5.57 Å². The first-order chi connectivity index (χ1) is 6.66. The number of hydrogen-bond donors (Lipinski definition) is 0. The minimum atomic E-state index is -0.0661. The van der Waals surface area contributed by atoms with Gasteiger partial charge in [-0.3, -0.25) is 4.79 Å². The predicted octanol–water partition coefficient (Wildman–Crippen LogP) is 3.33. The van der Waals surface area contributed by atoms with Crippen molar-refractivity contribution in [2.24, 2.45) is 0 Å². The van der Waals surface area contributed by atoms with E-state index in [0.717, 1.165) is 12.0 Å². The Labute approximate surface area is 85.5 Å². The largest absolute Gasteiger partial charge is 0.294 e. The van der Waals surface area contributed by atoms with Crippen molar-refractivity contribution in [1.29, 1.82) is 0 Å². The van der Waals surface area contributed by atoms with Crippen molar-refractivity contribution in [3.05, 3.63) is 48.0 Å². The Morgan fingerprint density at radius 3 is 2.43 bits per heavy atom. The summed E-state index contributed by atoms with van der Waals surface area (Å²) in [5.41, 5.74) is 1.77. The molecule has 1 rings (SSSR count). The van der Waals surface area contributed by atoms with Gasteiger partial charge in [0.1, 0.15) is 0 Å². The van der Waals surface area contributed by atoms with Gasteiger partial charge in [0.25, 0.3) is 0 Å². The van der Waals surface area contributed by atoms with Crippen molar-refractivity contribution in [3.8, 4) is 0 Å². The van der Waals surface area contributed by atoms with E-state index in [9.17, 15) is 4.79 Å². The van der Waals surface area contributed by atoms with E-state index in [1.54, 1.807) is 0 Å². The van der Waals surface area contributed by atoms with Crippen LogP contribution in [-0.4, -0.2) is 5.78 Å². The molecular formula is C13H16O. The third-order valence-electron chi connectivity index (χ3n) is 2.47. The molecule has 0 aliphatic heterocycles. The molecule has 0 spiro atoms. The van der Waals surface area contributed by atoms with E-state index < -0.39 is 0 Å². The fraction of sp³-hybridized carbons (Fsp3) is 0.308. The second kappa shape index (κ2) is 4.75. The van der Waals surface area contributed by atoms with Gasteiger partial charge in [0.15, 0.2) is 5.78 Å². The minimum absolute atomic E-state index is 0.0661. The molecule has 0 amide bonds. The number of carbonyl (C=O) groups is 1. The molecule has 1 heteroatoms. The fourth-order valence-corrected chi connectivity index (χ4v) is 1.37. The molecule has 0 saturated carbocycles. The van der Waals surface area contributed by atoms with Gasteiger partial charge in [0.05, 0.1) is 0 Å². The summed E-state index contributed by atoms with van der Waals surface area (Å²) in [6.45, 7) is 7.66. The molecule has 0 fully saturated rings. The number of carbonyl (C=O) groups excluding carboxylic acids is 1. The van der Waals surface area contributed by atoms with Gasteiger partial charge in [0.2, 0.25) is 0 Å². The summed E-state index contributed by atoms with van der Waals surface area (Å²) in [4.78, 5) is 11.8. The van der Waals surface area contributed by atoms with Crippen LogP contribution in [0.3, 0.4) is 0 Å². The maximum atomic E-state index is 11.8. The van der Waals surface area contributed by atoms with Gasteiger partial charge in [0, 0.05) is 5.92 Å². The molecule has 0 saturated heterocycles. The van der Waals surface area contributed by atoms with Crippen molar-refractivity contribution in [3.63, 3.8) is 0 Å². The lowest BCUT2D eigenvalue weighted by Gasteiger charge is -2.11. The third-order valence-corrected chi connectivity index (χ3v) is 2.47. The Balaban J connectivity index is 2.81. The van der Waals surface area contributed by atoms with Crippen LogP contribution < -0.4 is 0 Å². The molecule has 1 atom stereocenters. The Morgan fingerprint density at radius 1 is 1.36 bits per heavy atom. The Hall–Kier alpha value is -1.37. The molecule has 1 aromatic carbocycles. The average molecular weight is 188 g/mol. The van der Waals surface area contributed by atoms with Gasteiger partial charge in [-0.1, -0.05) is 50.8 Å². The summed E-state index contributed by atoms with van der Waals surface area (Å²) in [6, 6.07) is 9.81. The highest BCUT2D eigenvalue weighted by atomic mass is 16.1. The lowest BCUT2D eigenvalue weighted by Crippen LogP contribution is -2.10. The van der Waals surface area contributed by atoms with Crippen LogP contribution in [0.1, 0.15) is 31.7 Å². The SMILES string of the molecule is C=C(CC)C(=O)C(C)c1ccccc1. The van der Waals surface area contributed by atoms with E-state index in [2.05, 4.69) is 6.58 Å². The van der Waals surface area contributed by atoms with Crippen LogP contribution in [0, 0.1) is 0 Å². The van der Waals surface area contributed by atoms with Crippen molar-refractivity contribution < 1.29 is 4.79 Å². The summed E-state index contributed by atoms with van der Waals surface area (Å²) < 4.78 is 0. The Morgan fingerprint density at radius 2 is 1.93 bits per heavy atom. The maximum Gasteiger partial charge on any atom is 0.165 e. The quantitative estimate of drug-likeness (QED) is 0.662. The zero-order valence-electron chi connectivity index (χ0n) is 8.79. The highest BCUT2D eigenvalue weighted by Gasteiger charge is 2.16. The van der Waals surface area contributed by atoms with E-state index in [-0.39, 0.29) is 11.7 Å². The second-order valence-electron chi connectivity index (χ2n) is 3.45. The standard InChI is InChI=1S/C13H16O/c1-4-10(2)13(14)11(3)12-8-6-5-7-9-12/h5-9,11H,2,4H2,1,3H3.